The summed E-state index contributed by atoms with van der Waals surface area (Å²) in [5.74, 6) is 0.890. The van der Waals surface area contributed by atoms with Gasteiger partial charge in [0.1, 0.15) is 16.6 Å². The molecule has 2 fully saturated rings. The first-order valence-corrected chi connectivity index (χ1v) is 7.77. The van der Waals surface area contributed by atoms with Crippen LogP contribution in [-0.2, 0) is 22.5 Å². The fourth-order valence-electron chi connectivity index (χ4n) is 3.41. The van der Waals surface area contributed by atoms with Crippen molar-refractivity contribution in [2.45, 2.75) is 38.0 Å². The van der Waals surface area contributed by atoms with Crippen molar-refractivity contribution in [2.24, 2.45) is 0 Å². The highest BCUT2D eigenvalue weighted by Gasteiger charge is 2.34. The van der Waals surface area contributed by atoms with Gasteiger partial charge in [-0.2, -0.15) is 0 Å². The number of ether oxygens (including phenoxy) is 2. The Morgan fingerprint density at radius 3 is 3.30 bits per heavy atom. The van der Waals surface area contributed by atoms with E-state index in [9.17, 15) is 0 Å². The number of morpholine rings is 1. The van der Waals surface area contributed by atoms with Crippen LogP contribution in [0.1, 0.15) is 36.0 Å². The first-order chi connectivity index (χ1) is 9.81. The Labute approximate surface area is 123 Å². The highest BCUT2D eigenvalue weighted by molar-refractivity contribution is 7.71. The molecule has 108 valence electrons. The van der Waals surface area contributed by atoms with Crippen LogP contribution in [0.15, 0.2) is 0 Å². The topological polar surface area (TPSA) is 50.4 Å². The van der Waals surface area contributed by atoms with Crippen LogP contribution in [0.4, 0.5) is 0 Å². The Morgan fingerprint density at radius 1 is 1.40 bits per heavy atom. The lowest BCUT2D eigenvalue weighted by Crippen LogP contribution is -2.43. The summed E-state index contributed by atoms with van der Waals surface area (Å²) < 4.78 is 12.1. The van der Waals surface area contributed by atoms with Crippen LogP contribution in [0, 0.1) is 4.64 Å². The highest BCUT2D eigenvalue weighted by Crippen LogP contribution is 2.29. The SMILES string of the molecule is S=c1nc(C2CN3CCCC3CO2)[nH]c2c1COCC2. The van der Waals surface area contributed by atoms with E-state index in [2.05, 4.69) is 14.9 Å². The molecule has 1 aromatic heterocycles. The van der Waals surface area contributed by atoms with Crippen molar-refractivity contribution in [1.82, 2.24) is 14.9 Å². The number of aromatic nitrogens is 2. The average molecular weight is 293 g/mol. The second-order valence-electron chi connectivity index (χ2n) is 5.80. The van der Waals surface area contributed by atoms with Crippen LogP contribution >= 0.6 is 12.2 Å². The molecule has 0 amide bonds. The summed E-state index contributed by atoms with van der Waals surface area (Å²) >= 11 is 5.41. The van der Waals surface area contributed by atoms with E-state index in [1.54, 1.807) is 0 Å². The summed E-state index contributed by atoms with van der Waals surface area (Å²) in [6, 6.07) is 0.611. The first kappa shape index (κ1) is 12.9. The summed E-state index contributed by atoms with van der Waals surface area (Å²) in [4.78, 5) is 10.5. The van der Waals surface area contributed by atoms with Crippen LogP contribution in [-0.4, -0.2) is 47.2 Å². The van der Waals surface area contributed by atoms with Gasteiger partial charge in [0.05, 0.1) is 19.8 Å². The predicted octanol–water partition coefficient (Wildman–Crippen LogP) is 1.75. The zero-order valence-electron chi connectivity index (χ0n) is 11.4. The van der Waals surface area contributed by atoms with Crippen molar-refractivity contribution in [1.29, 1.82) is 0 Å². The Balaban J connectivity index is 1.62. The lowest BCUT2D eigenvalue weighted by molar-refractivity contribution is -0.0544. The maximum atomic E-state index is 6.01. The molecule has 2 unspecified atom stereocenters. The van der Waals surface area contributed by atoms with Gasteiger partial charge in [0, 0.05) is 30.3 Å². The molecular formula is C14H19N3O2S. The van der Waals surface area contributed by atoms with Crippen molar-refractivity contribution in [3.8, 4) is 0 Å². The molecule has 0 aromatic carbocycles. The van der Waals surface area contributed by atoms with E-state index in [1.165, 1.54) is 25.1 Å². The highest BCUT2D eigenvalue weighted by atomic mass is 32.1. The molecule has 0 spiro atoms. The molecule has 0 bridgehead atoms. The van der Waals surface area contributed by atoms with Crippen molar-refractivity contribution in [3.63, 3.8) is 0 Å². The summed E-state index contributed by atoms with van der Waals surface area (Å²) in [5, 5.41) is 0. The summed E-state index contributed by atoms with van der Waals surface area (Å²) in [7, 11) is 0. The van der Waals surface area contributed by atoms with E-state index >= 15 is 0 Å². The molecule has 4 rings (SSSR count). The van der Waals surface area contributed by atoms with Gasteiger partial charge < -0.3 is 14.5 Å². The van der Waals surface area contributed by atoms with Crippen molar-refractivity contribution < 1.29 is 9.47 Å². The Kier molecular flexibility index (Phi) is 3.34. The fourth-order valence-corrected chi connectivity index (χ4v) is 3.69. The molecule has 0 aliphatic carbocycles. The minimum Gasteiger partial charge on any atom is -0.376 e. The molecular weight excluding hydrogens is 274 g/mol. The van der Waals surface area contributed by atoms with Crippen LogP contribution in [0.2, 0.25) is 0 Å². The van der Waals surface area contributed by atoms with Gasteiger partial charge in [-0.3, -0.25) is 4.90 Å². The molecule has 6 heteroatoms. The number of hydrogen-bond acceptors (Lipinski definition) is 5. The van der Waals surface area contributed by atoms with Crippen molar-refractivity contribution in [2.75, 3.05) is 26.3 Å². The number of hydrogen-bond donors (Lipinski definition) is 1. The molecule has 20 heavy (non-hydrogen) atoms. The second-order valence-corrected chi connectivity index (χ2v) is 6.19. The summed E-state index contributed by atoms with van der Waals surface area (Å²) in [6.45, 7) is 4.26. The monoisotopic (exact) mass is 293 g/mol. The average Bonchev–Trinajstić information content (AvgIpc) is 2.94. The number of H-pyrrole nitrogens is 1. The van der Waals surface area contributed by atoms with Crippen molar-refractivity contribution in [3.05, 3.63) is 21.7 Å². The molecule has 0 radical (unpaired) electrons. The maximum Gasteiger partial charge on any atom is 0.138 e. The zero-order valence-corrected chi connectivity index (χ0v) is 12.2. The van der Waals surface area contributed by atoms with E-state index in [0.717, 1.165) is 37.6 Å². The summed E-state index contributed by atoms with van der Waals surface area (Å²) in [5.41, 5.74) is 2.23. The van der Waals surface area contributed by atoms with E-state index in [4.69, 9.17) is 21.7 Å². The molecule has 5 nitrogen and oxygen atoms in total. The van der Waals surface area contributed by atoms with E-state index in [-0.39, 0.29) is 6.10 Å². The van der Waals surface area contributed by atoms with Crippen LogP contribution in [0.3, 0.4) is 0 Å². The summed E-state index contributed by atoms with van der Waals surface area (Å²) in [6.07, 6.45) is 3.45. The smallest absolute Gasteiger partial charge is 0.138 e. The second kappa shape index (κ2) is 5.18. The molecule has 2 saturated heterocycles. The Morgan fingerprint density at radius 2 is 2.35 bits per heavy atom. The minimum atomic E-state index is 0.0270. The Hall–Kier alpha value is -0.820. The Bertz CT molecular complexity index is 574. The third-order valence-corrected chi connectivity index (χ3v) is 4.90. The fraction of sp³-hybridized carbons (Fsp3) is 0.714. The molecule has 0 saturated carbocycles. The maximum absolute atomic E-state index is 6.01. The third-order valence-electron chi connectivity index (χ3n) is 4.56. The van der Waals surface area contributed by atoms with Gasteiger partial charge in [0.25, 0.3) is 0 Å². The largest absolute Gasteiger partial charge is 0.376 e. The van der Waals surface area contributed by atoms with Gasteiger partial charge in [-0.05, 0) is 19.4 Å². The van der Waals surface area contributed by atoms with E-state index in [1.807, 2.05) is 0 Å². The first-order valence-electron chi connectivity index (χ1n) is 7.36. The standard InChI is InChI=1S/C14H19N3O2S/c20-14-10-8-18-5-3-11(10)15-13(16-14)12-6-17-4-1-2-9(17)7-19-12/h9,12H,1-8H2,(H,15,16,20). The lowest BCUT2D eigenvalue weighted by atomic mass is 10.1. The van der Waals surface area contributed by atoms with Gasteiger partial charge in [0.2, 0.25) is 0 Å². The molecule has 3 aliphatic rings. The molecule has 1 N–H and O–H groups in total. The number of fused-ring (bicyclic) bond motifs is 2. The van der Waals surface area contributed by atoms with Gasteiger partial charge in [-0.1, -0.05) is 12.2 Å². The lowest BCUT2D eigenvalue weighted by Gasteiger charge is -2.35. The van der Waals surface area contributed by atoms with Crippen molar-refractivity contribution >= 4 is 12.2 Å². The molecule has 1 aromatic rings. The van der Waals surface area contributed by atoms with Gasteiger partial charge in [-0.15, -0.1) is 0 Å². The number of rotatable bonds is 1. The molecule has 4 heterocycles. The van der Waals surface area contributed by atoms with Crippen LogP contribution in [0.25, 0.3) is 0 Å². The van der Waals surface area contributed by atoms with Gasteiger partial charge in [-0.25, -0.2) is 4.98 Å². The normalized spacial score (nSPS) is 30.0. The predicted molar refractivity (Wildman–Crippen MR) is 76.1 cm³/mol. The molecule has 3 aliphatic heterocycles. The van der Waals surface area contributed by atoms with Gasteiger partial charge >= 0.3 is 0 Å². The van der Waals surface area contributed by atoms with Crippen LogP contribution in [0.5, 0.6) is 0 Å². The van der Waals surface area contributed by atoms with E-state index in [0.29, 0.717) is 17.3 Å². The number of nitrogens with zero attached hydrogens (tertiary/aromatic N) is 2. The van der Waals surface area contributed by atoms with E-state index < -0.39 is 0 Å². The minimum absolute atomic E-state index is 0.0270. The van der Waals surface area contributed by atoms with Gasteiger partial charge in [0.15, 0.2) is 0 Å². The quantitative estimate of drug-likeness (QED) is 0.799. The molecule has 2 atom stereocenters. The number of aromatic amines is 1. The number of nitrogens with one attached hydrogen (secondary N) is 1. The van der Waals surface area contributed by atoms with Crippen LogP contribution < -0.4 is 0 Å². The third kappa shape index (κ3) is 2.20. The zero-order chi connectivity index (χ0) is 13.5.